The quantitative estimate of drug-likeness (QED) is 0.828. The van der Waals surface area contributed by atoms with Crippen LogP contribution < -0.4 is 5.32 Å². The van der Waals surface area contributed by atoms with Crippen molar-refractivity contribution in [3.05, 3.63) is 42.7 Å². The minimum atomic E-state index is 0.562. The first kappa shape index (κ1) is 13.1. The van der Waals surface area contributed by atoms with Gasteiger partial charge in [0.05, 0.1) is 11.6 Å². The van der Waals surface area contributed by atoms with E-state index >= 15 is 0 Å². The van der Waals surface area contributed by atoms with Crippen LogP contribution in [-0.4, -0.2) is 4.98 Å². The summed E-state index contributed by atoms with van der Waals surface area (Å²) >= 11 is 16.8. The van der Waals surface area contributed by atoms with E-state index < -0.39 is 0 Å². The molecule has 1 heterocycles. The highest BCUT2D eigenvalue weighted by Gasteiger charge is 2.06. The molecule has 0 saturated heterocycles. The minimum absolute atomic E-state index is 0.562. The van der Waals surface area contributed by atoms with Gasteiger partial charge in [-0.2, -0.15) is 0 Å². The molecule has 2 nitrogen and oxygen atoms in total. The van der Waals surface area contributed by atoms with Crippen LogP contribution in [0.5, 0.6) is 0 Å². The monoisotopic (exact) mass is 350 g/mol. The summed E-state index contributed by atoms with van der Waals surface area (Å²) in [5.41, 5.74) is 2.04. The molecule has 2 rings (SSSR count). The summed E-state index contributed by atoms with van der Waals surface area (Å²) in [6.45, 7) is 2.68. The van der Waals surface area contributed by atoms with Crippen molar-refractivity contribution in [2.45, 2.75) is 13.5 Å². The van der Waals surface area contributed by atoms with Crippen LogP contribution in [0, 0.1) is 6.92 Å². The van der Waals surface area contributed by atoms with Crippen molar-refractivity contribution in [3.8, 4) is 0 Å². The Bertz CT molecular complexity index is 542. The van der Waals surface area contributed by atoms with Crippen LogP contribution in [0.25, 0.3) is 0 Å². The zero-order chi connectivity index (χ0) is 12.4. The highest BCUT2D eigenvalue weighted by atomic mass is 79.9. The Morgan fingerprint density at radius 2 is 2.18 bits per heavy atom. The van der Waals surface area contributed by atoms with Crippen LogP contribution >= 0.6 is 50.5 Å². The summed E-state index contributed by atoms with van der Waals surface area (Å²) in [4.78, 5) is 5.08. The molecular formula is C11H9BrCl2N2S. The lowest BCUT2D eigenvalue weighted by Crippen LogP contribution is -1.99. The Morgan fingerprint density at radius 3 is 2.82 bits per heavy atom. The molecule has 0 aliphatic heterocycles. The molecule has 0 spiro atoms. The molecule has 0 unspecified atom stereocenters. The molecule has 1 aromatic carbocycles. The Hall–Kier alpha value is -0.290. The van der Waals surface area contributed by atoms with E-state index in [2.05, 4.69) is 26.2 Å². The van der Waals surface area contributed by atoms with Gasteiger partial charge >= 0.3 is 0 Å². The Morgan fingerprint density at radius 1 is 1.41 bits per heavy atom. The van der Waals surface area contributed by atoms with E-state index in [4.69, 9.17) is 23.2 Å². The molecule has 0 aliphatic rings. The fourth-order valence-electron chi connectivity index (χ4n) is 1.39. The average Bonchev–Trinajstić information content (AvgIpc) is 2.71. The molecular weight excluding hydrogens is 343 g/mol. The number of rotatable bonds is 3. The van der Waals surface area contributed by atoms with Gasteiger partial charge in [0.15, 0.2) is 4.47 Å². The highest BCUT2D eigenvalue weighted by molar-refractivity contribution is 9.10. The maximum atomic E-state index is 6.15. The number of hydrogen-bond donors (Lipinski definition) is 1. The largest absolute Gasteiger partial charge is 0.380 e. The van der Waals surface area contributed by atoms with Crippen LogP contribution in [0.15, 0.2) is 22.8 Å². The van der Waals surface area contributed by atoms with Crippen molar-refractivity contribution in [1.82, 2.24) is 4.98 Å². The van der Waals surface area contributed by atoms with Gasteiger partial charge in [-0.15, -0.1) is 11.3 Å². The smallest absolute Gasteiger partial charge is 0.183 e. The fraction of sp³-hybridized carbons (Fsp3) is 0.182. The third kappa shape index (κ3) is 3.13. The number of anilines is 1. The van der Waals surface area contributed by atoms with Crippen molar-refractivity contribution in [2.75, 3.05) is 5.32 Å². The standard InChI is InChI=1S/C11H9BrCl2N2S/c1-6-9(3-2-8(12)10(6)13)15-4-7-5-16-11(14)17-7/h2-3,5,15H,4H2,1H3. The summed E-state index contributed by atoms with van der Waals surface area (Å²) < 4.78 is 1.47. The molecule has 2 aromatic rings. The fourth-order valence-corrected chi connectivity index (χ4v) is 2.90. The van der Waals surface area contributed by atoms with E-state index in [-0.39, 0.29) is 0 Å². The predicted molar refractivity (Wildman–Crippen MR) is 78.3 cm³/mol. The molecule has 0 bridgehead atoms. The normalized spacial score (nSPS) is 10.6. The lowest BCUT2D eigenvalue weighted by atomic mass is 10.2. The number of hydrogen-bond acceptors (Lipinski definition) is 3. The summed E-state index contributed by atoms with van der Waals surface area (Å²) in [5.74, 6) is 0. The Kier molecular flexibility index (Phi) is 4.31. The number of halogens is 3. The third-order valence-corrected chi connectivity index (χ3v) is 4.81. The van der Waals surface area contributed by atoms with E-state index in [0.717, 1.165) is 25.6 Å². The van der Waals surface area contributed by atoms with Gasteiger partial charge in [0.2, 0.25) is 0 Å². The number of benzene rings is 1. The first-order chi connectivity index (χ1) is 8.08. The van der Waals surface area contributed by atoms with Crippen molar-refractivity contribution >= 4 is 56.2 Å². The van der Waals surface area contributed by atoms with Crippen LogP contribution in [0.1, 0.15) is 10.4 Å². The van der Waals surface area contributed by atoms with E-state index in [1.165, 1.54) is 11.3 Å². The van der Waals surface area contributed by atoms with Gasteiger partial charge in [0.1, 0.15) is 0 Å². The topological polar surface area (TPSA) is 24.9 Å². The van der Waals surface area contributed by atoms with Gasteiger partial charge in [-0.1, -0.05) is 23.2 Å². The van der Waals surface area contributed by atoms with Gasteiger partial charge < -0.3 is 5.32 Å². The van der Waals surface area contributed by atoms with Crippen LogP contribution in [0.2, 0.25) is 9.49 Å². The zero-order valence-corrected chi connectivity index (χ0v) is 12.8. The lowest BCUT2D eigenvalue weighted by molar-refractivity contribution is 1.16. The molecule has 1 aromatic heterocycles. The van der Waals surface area contributed by atoms with E-state index in [1.807, 2.05) is 19.1 Å². The Labute approximate surface area is 122 Å². The van der Waals surface area contributed by atoms with Gasteiger partial charge in [0.25, 0.3) is 0 Å². The maximum Gasteiger partial charge on any atom is 0.183 e. The summed E-state index contributed by atoms with van der Waals surface area (Å²) in [7, 11) is 0. The molecule has 90 valence electrons. The summed E-state index contributed by atoms with van der Waals surface area (Å²) in [5, 5.41) is 4.05. The molecule has 0 atom stereocenters. The minimum Gasteiger partial charge on any atom is -0.380 e. The first-order valence-electron chi connectivity index (χ1n) is 4.86. The number of nitrogens with zero attached hydrogens (tertiary/aromatic N) is 1. The predicted octanol–water partition coefficient (Wildman–Crippen LogP) is 5.13. The molecule has 0 fully saturated rings. The SMILES string of the molecule is Cc1c(NCc2cnc(Cl)s2)ccc(Br)c1Cl. The van der Waals surface area contributed by atoms with E-state index in [0.29, 0.717) is 11.0 Å². The van der Waals surface area contributed by atoms with Gasteiger partial charge in [0, 0.05) is 21.2 Å². The first-order valence-corrected chi connectivity index (χ1v) is 7.23. The molecule has 1 N–H and O–H groups in total. The van der Waals surface area contributed by atoms with E-state index in [1.54, 1.807) is 6.20 Å². The average molecular weight is 352 g/mol. The highest BCUT2D eigenvalue weighted by Crippen LogP contribution is 2.31. The summed E-state index contributed by atoms with van der Waals surface area (Å²) in [6.07, 6.45) is 1.77. The van der Waals surface area contributed by atoms with Crippen molar-refractivity contribution in [3.63, 3.8) is 0 Å². The van der Waals surface area contributed by atoms with E-state index in [9.17, 15) is 0 Å². The second-order valence-corrected chi connectivity index (χ2v) is 6.40. The number of thiazole rings is 1. The van der Waals surface area contributed by atoms with Crippen molar-refractivity contribution in [2.24, 2.45) is 0 Å². The lowest BCUT2D eigenvalue weighted by Gasteiger charge is -2.10. The molecule has 0 amide bonds. The second kappa shape index (κ2) is 5.57. The number of nitrogens with one attached hydrogen (secondary N) is 1. The zero-order valence-electron chi connectivity index (χ0n) is 8.93. The van der Waals surface area contributed by atoms with Gasteiger partial charge in [-0.3, -0.25) is 0 Å². The second-order valence-electron chi connectivity index (χ2n) is 3.47. The summed E-state index contributed by atoms with van der Waals surface area (Å²) in [6, 6.07) is 3.92. The van der Waals surface area contributed by atoms with Crippen LogP contribution in [-0.2, 0) is 6.54 Å². The molecule has 6 heteroatoms. The molecule has 17 heavy (non-hydrogen) atoms. The molecule has 0 radical (unpaired) electrons. The maximum absolute atomic E-state index is 6.15. The van der Waals surface area contributed by atoms with Crippen LogP contribution in [0.3, 0.4) is 0 Å². The van der Waals surface area contributed by atoms with Crippen LogP contribution in [0.4, 0.5) is 5.69 Å². The Balaban J connectivity index is 2.12. The van der Waals surface area contributed by atoms with Gasteiger partial charge in [-0.05, 0) is 40.5 Å². The number of aromatic nitrogens is 1. The van der Waals surface area contributed by atoms with Crippen molar-refractivity contribution in [1.29, 1.82) is 0 Å². The van der Waals surface area contributed by atoms with Gasteiger partial charge in [-0.25, -0.2) is 4.98 Å². The van der Waals surface area contributed by atoms with Crippen molar-refractivity contribution < 1.29 is 0 Å². The molecule has 0 aliphatic carbocycles. The molecule has 0 saturated carbocycles. The third-order valence-electron chi connectivity index (χ3n) is 2.32.